The van der Waals surface area contributed by atoms with Crippen LogP contribution in [0.5, 0.6) is 0 Å². The van der Waals surface area contributed by atoms with Crippen LogP contribution in [0.3, 0.4) is 0 Å². The van der Waals surface area contributed by atoms with Gasteiger partial charge in [-0.2, -0.15) is 4.98 Å². The molecule has 0 spiro atoms. The van der Waals surface area contributed by atoms with Crippen molar-refractivity contribution < 1.29 is 19.5 Å². The van der Waals surface area contributed by atoms with Crippen molar-refractivity contribution in [3.05, 3.63) is 52.1 Å². The Kier molecular flexibility index (Phi) is 6.05. The molecule has 160 valence electrons. The van der Waals surface area contributed by atoms with E-state index in [4.69, 9.17) is 16.6 Å². The summed E-state index contributed by atoms with van der Waals surface area (Å²) in [6.45, 7) is 0.234. The van der Waals surface area contributed by atoms with E-state index in [1.54, 1.807) is 12.1 Å². The fourth-order valence-corrected chi connectivity index (χ4v) is 2.63. The first-order chi connectivity index (χ1) is 14.7. The number of hydrogen-bond donors (Lipinski definition) is 6. The van der Waals surface area contributed by atoms with Crippen LogP contribution < -0.4 is 27.7 Å². The number of carboxylic acids is 1. The van der Waals surface area contributed by atoms with Gasteiger partial charge >= 0.3 is 5.97 Å². The molecule has 3 rings (SSSR count). The average Bonchev–Trinajstić information content (AvgIpc) is 2.71. The van der Waals surface area contributed by atoms with Gasteiger partial charge in [-0.3, -0.25) is 19.4 Å². The third-order valence-electron chi connectivity index (χ3n) is 4.12. The van der Waals surface area contributed by atoms with Gasteiger partial charge in [-0.1, -0.05) is 0 Å². The number of anilines is 2. The lowest BCUT2D eigenvalue weighted by Crippen LogP contribution is -2.43. The molecule has 0 aliphatic heterocycles. The monoisotopic (exact) mass is 426 g/mol. The summed E-state index contributed by atoms with van der Waals surface area (Å²) >= 11 is 0. The highest BCUT2D eigenvalue weighted by Crippen LogP contribution is 2.12. The average molecular weight is 426 g/mol. The van der Waals surface area contributed by atoms with Gasteiger partial charge in [0.1, 0.15) is 6.04 Å². The van der Waals surface area contributed by atoms with E-state index in [2.05, 4.69) is 30.6 Å². The molecule has 13 heteroatoms. The lowest BCUT2D eigenvalue weighted by Gasteiger charge is -2.13. The van der Waals surface area contributed by atoms with Crippen LogP contribution in [-0.4, -0.2) is 48.9 Å². The first kappa shape index (κ1) is 21.2. The van der Waals surface area contributed by atoms with Crippen LogP contribution in [0.15, 0.2) is 35.3 Å². The van der Waals surface area contributed by atoms with E-state index in [1.807, 2.05) is 0 Å². The second-order valence-electron chi connectivity index (χ2n) is 6.45. The fraction of sp³-hybridized carbons (Fsp3) is 0.167. The summed E-state index contributed by atoms with van der Waals surface area (Å²) in [6.07, 6.45) is 0.937. The number of nitrogens with two attached hydrogens (primary N) is 2. The van der Waals surface area contributed by atoms with Crippen LogP contribution in [0.2, 0.25) is 0 Å². The number of H-pyrrole nitrogens is 1. The third kappa shape index (κ3) is 5.29. The van der Waals surface area contributed by atoms with E-state index in [0.29, 0.717) is 11.4 Å². The number of nitrogen functional groups attached to an aromatic ring is 1. The van der Waals surface area contributed by atoms with Crippen molar-refractivity contribution >= 4 is 40.6 Å². The molecule has 13 nitrogen and oxygen atoms in total. The smallest absolute Gasteiger partial charge is 0.326 e. The Bertz CT molecular complexity index is 1210. The number of nitrogens with one attached hydrogen (secondary N) is 3. The topological polar surface area (TPSA) is 219 Å². The van der Waals surface area contributed by atoms with Gasteiger partial charge in [0.15, 0.2) is 11.2 Å². The van der Waals surface area contributed by atoms with Gasteiger partial charge in [0.25, 0.3) is 11.5 Å². The number of primary amides is 1. The minimum atomic E-state index is -1.41. The van der Waals surface area contributed by atoms with Gasteiger partial charge in [0, 0.05) is 11.3 Å². The van der Waals surface area contributed by atoms with Crippen molar-refractivity contribution in [2.24, 2.45) is 5.73 Å². The quantitative estimate of drug-likeness (QED) is 0.257. The van der Waals surface area contributed by atoms with Crippen molar-refractivity contribution in [1.29, 1.82) is 0 Å². The van der Waals surface area contributed by atoms with E-state index >= 15 is 0 Å². The number of carboxylic acid groups (broad SMARTS) is 1. The molecular weight excluding hydrogens is 408 g/mol. The maximum Gasteiger partial charge on any atom is 0.326 e. The Hall–Kier alpha value is -4.55. The Labute approximate surface area is 173 Å². The predicted octanol–water partition coefficient (Wildman–Crippen LogP) is -1.03. The summed E-state index contributed by atoms with van der Waals surface area (Å²) in [5.74, 6) is -2.92. The molecule has 2 heterocycles. The van der Waals surface area contributed by atoms with Crippen molar-refractivity contribution in [3.8, 4) is 0 Å². The predicted molar refractivity (Wildman–Crippen MR) is 109 cm³/mol. The van der Waals surface area contributed by atoms with E-state index in [-0.39, 0.29) is 29.2 Å². The zero-order valence-electron chi connectivity index (χ0n) is 16.0. The van der Waals surface area contributed by atoms with Crippen molar-refractivity contribution in [2.45, 2.75) is 19.0 Å². The maximum atomic E-state index is 12.2. The van der Waals surface area contributed by atoms with Crippen LogP contribution in [-0.2, 0) is 16.1 Å². The van der Waals surface area contributed by atoms with Gasteiger partial charge in [0.2, 0.25) is 11.9 Å². The summed E-state index contributed by atoms with van der Waals surface area (Å²) in [4.78, 5) is 60.7. The molecule has 2 aromatic heterocycles. The molecular formula is C18H18N8O5. The summed E-state index contributed by atoms with van der Waals surface area (Å²) in [6, 6.07) is 4.74. The second-order valence-corrected chi connectivity index (χ2v) is 6.45. The van der Waals surface area contributed by atoms with Crippen LogP contribution in [0.1, 0.15) is 22.5 Å². The number of aromatic amines is 1. The molecule has 3 aromatic rings. The van der Waals surface area contributed by atoms with E-state index in [9.17, 15) is 19.2 Å². The van der Waals surface area contributed by atoms with Gasteiger partial charge < -0.3 is 27.2 Å². The SMILES string of the molecule is NC(=O)C[C@H](NC(=O)c1ccc(NCc2cnc3nc(N)[nH]c(=O)c3n2)cc1)C(=O)O. The summed E-state index contributed by atoms with van der Waals surface area (Å²) in [5, 5.41) is 14.4. The normalized spacial score (nSPS) is 11.6. The lowest BCUT2D eigenvalue weighted by molar-refractivity contribution is -0.140. The number of rotatable bonds is 8. The van der Waals surface area contributed by atoms with Gasteiger partial charge in [-0.15, -0.1) is 0 Å². The maximum absolute atomic E-state index is 12.2. The molecule has 2 amide bonds. The molecule has 0 fully saturated rings. The number of amides is 2. The van der Waals surface area contributed by atoms with E-state index < -0.39 is 35.8 Å². The molecule has 0 saturated heterocycles. The van der Waals surface area contributed by atoms with E-state index in [0.717, 1.165) is 0 Å². The largest absolute Gasteiger partial charge is 0.480 e. The Morgan fingerprint density at radius 2 is 1.87 bits per heavy atom. The molecule has 0 radical (unpaired) electrons. The molecule has 1 atom stereocenters. The van der Waals surface area contributed by atoms with Gasteiger partial charge in [-0.25, -0.2) is 14.8 Å². The van der Waals surface area contributed by atoms with Crippen LogP contribution >= 0.6 is 0 Å². The standard InChI is InChI=1S/C18H18N8O5/c19-12(27)5-11(17(30)31)24-15(28)8-1-3-9(4-2-8)21-6-10-7-22-14-13(23-10)16(29)26-18(20)25-14/h1-4,7,11,21H,5-6H2,(H2,19,27)(H,24,28)(H,30,31)(H3,20,22,25,26,29)/t11-/m0/s1. The molecule has 0 unspecified atom stereocenters. The highest BCUT2D eigenvalue weighted by Gasteiger charge is 2.22. The molecule has 0 aliphatic rings. The number of carbonyl (C=O) groups excluding carboxylic acids is 2. The second kappa shape index (κ2) is 8.86. The fourth-order valence-electron chi connectivity index (χ4n) is 2.63. The lowest BCUT2D eigenvalue weighted by atomic mass is 10.1. The first-order valence-electron chi connectivity index (χ1n) is 8.90. The minimum Gasteiger partial charge on any atom is -0.480 e. The summed E-state index contributed by atoms with van der Waals surface area (Å²) < 4.78 is 0. The van der Waals surface area contributed by atoms with Crippen molar-refractivity contribution in [1.82, 2.24) is 25.3 Å². The zero-order valence-corrected chi connectivity index (χ0v) is 16.0. The Balaban J connectivity index is 1.65. The van der Waals surface area contributed by atoms with Crippen LogP contribution in [0, 0.1) is 0 Å². The minimum absolute atomic E-state index is 0.0499. The molecule has 0 saturated carbocycles. The molecule has 1 aromatic carbocycles. The summed E-state index contributed by atoms with van der Waals surface area (Å²) in [7, 11) is 0. The number of aliphatic carboxylic acids is 1. The molecule has 0 bridgehead atoms. The van der Waals surface area contributed by atoms with Crippen molar-refractivity contribution in [3.63, 3.8) is 0 Å². The number of nitrogens with zero attached hydrogens (tertiary/aromatic N) is 3. The Morgan fingerprint density at radius 1 is 1.16 bits per heavy atom. The van der Waals surface area contributed by atoms with Gasteiger partial charge in [0.05, 0.1) is 24.9 Å². The van der Waals surface area contributed by atoms with Gasteiger partial charge in [-0.05, 0) is 24.3 Å². The van der Waals surface area contributed by atoms with E-state index in [1.165, 1.54) is 18.3 Å². The number of carbonyl (C=O) groups is 3. The first-order valence-corrected chi connectivity index (χ1v) is 8.90. The highest BCUT2D eigenvalue weighted by molar-refractivity contribution is 5.97. The van der Waals surface area contributed by atoms with Crippen LogP contribution in [0.4, 0.5) is 11.6 Å². The Morgan fingerprint density at radius 3 is 2.52 bits per heavy atom. The zero-order chi connectivity index (χ0) is 22.5. The highest BCUT2D eigenvalue weighted by atomic mass is 16.4. The van der Waals surface area contributed by atoms with Crippen LogP contribution in [0.25, 0.3) is 11.2 Å². The number of aromatic nitrogens is 4. The number of hydrogen-bond acceptors (Lipinski definition) is 9. The molecule has 8 N–H and O–H groups in total. The van der Waals surface area contributed by atoms with Crippen molar-refractivity contribution in [2.75, 3.05) is 11.1 Å². The third-order valence-corrected chi connectivity index (χ3v) is 4.12. The number of fused-ring (bicyclic) bond motifs is 1. The number of benzene rings is 1. The molecule has 0 aliphatic carbocycles. The summed E-state index contributed by atoms with van der Waals surface area (Å²) in [5.41, 5.74) is 11.5. The molecule has 31 heavy (non-hydrogen) atoms.